The third-order valence-corrected chi connectivity index (χ3v) is 2.54. The van der Waals surface area contributed by atoms with Crippen molar-refractivity contribution in [3.05, 3.63) is 22.0 Å². The number of hydrogen-bond acceptors (Lipinski definition) is 2. The minimum absolute atomic E-state index is 0.0844. The highest BCUT2D eigenvalue weighted by Gasteiger charge is 2.17. The molecule has 0 aromatic carbocycles. The van der Waals surface area contributed by atoms with Gasteiger partial charge in [0.05, 0.1) is 0 Å². The lowest BCUT2D eigenvalue weighted by molar-refractivity contribution is 0.517. The fraction of sp³-hybridized carbons (Fsp3) is 0.556. The number of thiol groups is 2. The topological polar surface area (TPSA) is 0 Å². The fourth-order valence-corrected chi connectivity index (χ4v) is 1.04. The molecule has 0 bridgehead atoms. The van der Waals surface area contributed by atoms with Crippen LogP contribution < -0.4 is 0 Å². The lowest BCUT2D eigenvalue weighted by Gasteiger charge is -2.22. The maximum atomic E-state index is 4.32. The van der Waals surface area contributed by atoms with Crippen molar-refractivity contribution in [2.24, 2.45) is 5.41 Å². The van der Waals surface area contributed by atoms with Crippen LogP contribution in [0.4, 0.5) is 0 Å². The SMILES string of the molecule is C=C(/C(S)=C(\C)S)C(C)(C)C. The van der Waals surface area contributed by atoms with Gasteiger partial charge in [0, 0.05) is 4.91 Å². The molecule has 0 saturated carbocycles. The molecule has 64 valence electrons. The van der Waals surface area contributed by atoms with Gasteiger partial charge in [-0.2, -0.15) is 0 Å². The summed E-state index contributed by atoms with van der Waals surface area (Å²) in [6.07, 6.45) is 0. The molecule has 11 heavy (non-hydrogen) atoms. The van der Waals surface area contributed by atoms with Crippen LogP contribution in [-0.2, 0) is 0 Å². The smallest absolute Gasteiger partial charge is 0.0161 e. The van der Waals surface area contributed by atoms with Gasteiger partial charge >= 0.3 is 0 Å². The van der Waals surface area contributed by atoms with Crippen LogP contribution in [0, 0.1) is 5.41 Å². The summed E-state index contributed by atoms with van der Waals surface area (Å²) < 4.78 is 0. The second kappa shape index (κ2) is 3.72. The first-order valence-electron chi connectivity index (χ1n) is 3.55. The molecule has 0 aliphatic rings. The quantitative estimate of drug-likeness (QED) is 0.455. The first kappa shape index (κ1) is 11.2. The van der Waals surface area contributed by atoms with E-state index in [9.17, 15) is 0 Å². The fourth-order valence-electron chi connectivity index (χ4n) is 0.574. The molecular weight excluding hydrogens is 172 g/mol. The van der Waals surface area contributed by atoms with Crippen LogP contribution >= 0.6 is 25.3 Å². The van der Waals surface area contributed by atoms with E-state index in [2.05, 4.69) is 52.6 Å². The molecule has 0 atom stereocenters. The van der Waals surface area contributed by atoms with Crippen LogP contribution in [0.25, 0.3) is 0 Å². The Balaban J connectivity index is 4.67. The monoisotopic (exact) mass is 188 g/mol. The maximum absolute atomic E-state index is 4.32. The Kier molecular flexibility index (Phi) is 3.78. The lowest BCUT2D eigenvalue weighted by atomic mass is 9.87. The molecule has 0 N–H and O–H groups in total. The number of hydrogen-bond donors (Lipinski definition) is 2. The molecule has 0 aromatic rings. The van der Waals surface area contributed by atoms with Crippen molar-refractivity contribution < 1.29 is 0 Å². The predicted octanol–water partition coefficient (Wildman–Crippen LogP) is 3.68. The molecule has 2 heteroatoms. The normalized spacial score (nSPS) is 14.4. The van der Waals surface area contributed by atoms with Crippen molar-refractivity contribution in [2.75, 3.05) is 0 Å². The molecule has 0 unspecified atom stereocenters. The largest absolute Gasteiger partial charge is 0.147 e. The maximum Gasteiger partial charge on any atom is 0.0161 e. The van der Waals surface area contributed by atoms with Crippen molar-refractivity contribution in [3.8, 4) is 0 Å². The van der Waals surface area contributed by atoms with Gasteiger partial charge in [0.25, 0.3) is 0 Å². The van der Waals surface area contributed by atoms with Crippen LogP contribution in [0.3, 0.4) is 0 Å². The highest BCUT2D eigenvalue weighted by molar-refractivity contribution is 7.88. The van der Waals surface area contributed by atoms with E-state index in [1.165, 1.54) is 0 Å². The predicted molar refractivity (Wildman–Crippen MR) is 59.3 cm³/mol. The van der Waals surface area contributed by atoms with E-state index in [0.29, 0.717) is 0 Å². The minimum Gasteiger partial charge on any atom is -0.147 e. The van der Waals surface area contributed by atoms with Gasteiger partial charge < -0.3 is 0 Å². The number of allylic oxidation sites excluding steroid dienone is 2. The van der Waals surface area contributed by atoms with E-state index in [0.717, 1.165) is 15.4 Å². The van der Waals surface area contributed by atoms with E-state index in [4.69, 9.17) is 0 Å². The van der Waals surface area contributed by atoms with Gasteiger partial charge in [-0.3, -0.25) is 0 Å². The third kappa shape index (κ3) is 3.39. The van der Waals surface area contributed by atoms with Gasteiger partial charge in [-0.1, -0.05) is 27.4 Å². The lowest BCUT2D eigenvalue weighted by Crippen LogP contribution is -2.08. The average molecular weight is 188 g/mol. The first-order chi connectivity index (χ1) is 4.76. The summed E-state index contributed by atoms with van der Waals surface area (Å²) in [7, 11) is 0. The van der Waals surface area contributed by atoms with Crippen LogP contribution in [0.15, 0.2) is 22.0 Å². The van der Waals surface area contributed by atoms with Crippen molar-refractivity contribution in [3.63, 3.8) is 0 Å². The zero-order valence-electron chi connectivity index (χ0n) is 7.60. The first-order valence-corrected chi connectivity index (χ1v) is 4.45. The Morgan fingerprint density at radius 3 is 1.64 bits per heavy atom. The zero-order chi connectivity index (χ0) is 9.23. The highest BCUT2D eigenvalue weighted by atomic mass is 32.1. The molecule has 0 spiro atoms. The Labute approximate surface area is 80.6 Å². The van der Waals surface area contributed by atoms with Crippen molar-refractivity contribution in [2.45, 2.75) is 27.7 Å². The molecule has 0 fully saturated rings. The van der Waals surface area contributed by atoms with Crippen LogP contribution in [0.5, 0.6) is 0 Å². The van der Waals surface area contributed by atoms with Crippen LogP contribution in [0.1, 0.15) is 27.7 Å². The van der Waals surface area contributed by atoms with E-state index < -0.39 is 0 Å². The Hall–Kier alpha value is 0.180. The molecule has 0 aromatic heterocycles. The molecule has 0 nitrogen and oxygen atoms in total. The van der Waals surface area contributed by atoms with Gasteiger partial charge in [-0.05, 0) is 22.8 Å². The van der Waals surface area contributed by atoms with E-state index in [1.807, 2.05) is 6.92 Å². The van der Waals surface area contributed by atoms with E-state index >= 15 is 0 Å². The van der Waals surface area contributed by atoms with E-state index in [1.54, 1.807) is 0 Å². The summed E-state index contributed by atoms with van der Waals surface area (Å²) in [5.74, 6) is 0. The van der Waals surface area contributed by atoms with Crippen molar-refractivity contribution in [1.82, 2.24) is 0 Å². The molecule has 0 heterocycles. The van der Waals surface area contributed by atoms with Crippen LogP contribution in [0.2, 0.25) is 0 Å². The molecule has 0 radical (unpaired) electrons. The van der Waals surface area contributed by atoms with Gasteiger partial charge in [-0.25, -0.2) is 0 Å². The highest BCUT2D eigenvalue weighted by Crippen LogP contribution is 2.33. The van der Waals surface area contributed by atoms with Gasteiger partial charge in [0.2, 0.25) is 0 Å². The molecule has 0 saturated heterocycles. The molecule has 0 amide bonds. The van der Waals surface area contributed by atoms with Crippen molar-refractivity contribution >= 4 is 25.3 Å². The Morgan fingerprint density at radius 2 is 1.55 bits per heavy atom. The summed E-state index contributed by atoms with van der Waals surface area (Å²) in [5.41, 5.74) is 1.12. The Morgan fingerprint density at radius 1 is 1.18 bits per heavy atom. The zero-order valence-corrected chi connectivity index (χ0v) is 9.39. The van der Waals surface area contributed by atoms with Gasteiger partial charge in [0.1, 0.15) is 0 Å². The Bertz CT molecular complexity index is 190. The molecule has 0 aliphatic carbocycles. The second-order valence-corrected chi connectivity index (χ2v) is 4.78. The standard InChI is InChI=1S/C9H16S2/c1-6(9(3,4)5)8(11)7(2)10/h10-11H,1H2,2-5H3/b8-7-. The summed E-state index contributed by atoms with van der Waals surface area (Å²) in [4.78, 5) is 1.83. The summed E-state index contributed by atoms with van der Waals surface area (Å²) in [6.45, 7) is 12.2. The summed E-state index contributed by atoms with van der Waals surface area (Å²) in [5, 5.41) is 0. The molecular formula is C9H16S2. The number of rotatable bonds is 1. The van der Waals surface area contributed by atoms with Gasteiger partial charge in [-0.15, -0.1) is 25.3 Å². The summed E-state index contributed by atoms with van der Waals surface area (Å²) in [6, 6.07) is 0. The van der Waals surface area contributed by atoms with Crippen molar-refractivity contribution in [1.29, 1.82) is 0 Å². The second-order valence-electron chi connectivity index (χ2n) is 3.66. The van der Waals surface area contributed by atoms with E-state index in [-0.39, 0.29) is 5.41 Å². The minimum atomic E-state index is 0.0844. The summed E-state index contributed by atoms with van der Waals surface area (Å²) >= 11 is 8.52. The van der Waals surface area contributed by atoms with Gasteiger partial charge in [0.15, 0.2) is 0 Å². The molecule has 0 rings (SSSR count). The average Bonchev–Trinajstić information content (AvgIpc) is 1.82. The van der Waals surface area contributed by atoms with Crippen LogP contribution in [-0.4, -0.2) is 0 Å². The third-order valence-electron chi connectivity index (χ3n) is 1.53. The molecule has 0 aliphatic heterocycles.